The van der Waals surface area contributed by atoms with E-state index in [0.29, 0.717) is 18.0 Å². The van der Waals surface area contributed by atoms with E-state index >= 15 is 0 Å². The van der Waals surface area contributed by atoms with Crippen molar-refractivity contribution < 1.29 is 14.6 Å². The van der Waals surface area contributed by atoms with Gasteiger partial charge in [0.15, 0.2) is 5.76 Å². The summed E-state index contributed by atoms with van der Waals surface area (Å²) in [6.07, 6.45) is 0. The molecule has 4 nitrogen and oxygen atoms in total. The molecule has 1 amide bonds. The van der Waals surface area contributed by atoms with E-state index in [2.05, 4.69) is 38.1 Å². The maximum absolute atomic E-state index is 13.2. The quantitative estimate of drug-likeness (QED) is 0.550. The number of aliphatic hydroxyl groups excluding tert-OH is 1. The fraction of sp³-hybridized carbons (Fsp3) is 0.222. The fourth-order valence-corrected chi connectivity index (χ4v) is 4.11. The number of carbonyl (C=O) groups is 1. The number of rotatable bonds is 6. The summed E-state index contributed by atoms with van der Waals surface area (Å²) in [6, 6.07) is 25.3. The van der Waals surface area contributed by atoms with Crippen molar-refractivity contribution >= 4 is 11.5 Å². The number of amides is 1. The van der Waals surface area contributed by atoms with E-state index in [1.54, 1.807) is 12.0 Å². The van der Waals surface area contributed by atoms with Crippen LogP contribution >= 0.6 is 0 Å². The van der Waals surface area contributed by atoms with Gasteiger partial charge in [0.2, 0.25) is 0 Å². The summed E-state index contributed by atoms with van der Waals surface area (Å²) in [5.41, 5.74) is 4.65. The normalized spacial score (nSPS) is 16.3. The van der Waals surface area contributed by atoms with E-state index in [1.807, 2.05) is 54.6 Å². The number of nitrogens with zero attached hydrogens (tertiary/aromatic N) is 1. The van der Waals surface area contributed by atoms with Gasteiger partial charge in [-0.3, -0.25) is 4.79 Å². The summed E-state index contributed by atoms with van der Waals surface area (Å²) in [4.78, 5) is 14.9. The van der Waals surface area contributed by atoms with E-state index in [1.165, 1.54) is 5.56 Å². The molecular weight excluding hydrogens is 386 g/mol. The Balaban J connectivity index is 1.78. The van der Waals surface area contributed by atoms with Crippen LogP contribution in [0.15, 0.2) is 84.6 Å². The zero-order valence-electron chi connectivity index (χ0n) is 18.1. The second-order valence-electron chi connectivity index (χ2n) is 8.14. The van der Waals surface area contributed by atoms with Gasteiger partial charge in [-0.25, -0.2) is 0 Å². The Morgan fingerprint density at radius 1 is 0.968 bits per heavy atom. The first-order chi connectivity index (χ1) is 15.0. The van der Waals surface area contributed by atoms with Crippen LogP contribution < -0.4 is 4.74 Å². The fourth-order valence-electron chi connectivity index (χ4n) is 4.11. The number of aliphatic hydroxyl groups is 1. The lowest BCUT2D eigenvalue weighted by Gasteiger charge is -2.28. The van der Waals surface area contributed by atoms with Crippen molar-refractivity contribution in [3.05, 3.63) is 107 Å². The van der Waals surface area contributed by atoms with E-state index < -0.39 is 0 Å². The van der Waals surface area contributed by atoms with Gasteiger partial charge >= 0.3 is 0 Å². The molecule has 1 heterocycles. The molecule has 3 aromatic rings. The molecule has 0 saturated carbocycles. The second-order valence-corrected chi connectivity index (χ2v) is 8.14. The SMILES string of the molecule is COc1cccc(CN2C(=O)C(O)=C(c3ccccc3)C2c2ccc(C(C)C)cc2)c1. The van der Waals surface area contributed by atoms with Crippen molar-refractivity contribution in [3.63, 3.8) is 0 Å². The minimum absolute atomic E-state index is 0.188. The van der Waals surface area contributed by atoms with Crippen molar-refractivity contribution in [1.29, 1.82) is 0 Å². The highest BCUT2D eigenvalue weighted by atomic mass is 16.5. The average molecular weight is 414 g/mol. The van der Waals surface area contributed by atoms with Crippen LogP contribution in [0.3, 0.4) is 0 Å². The third kappa shape index (κ3) is 4.06. The third-order valence-electron chi connectivity index (χ3n) is 5.79. The summed E-state index contributed by atoms with van der Waals surface area (Å²) in [6.45, 7) is 4.68. The molecule has 1 aliphatic heterocycles. The Labute approximate surface area is 183 Å². The minimum Gasteiger partial charge on any atom is -0.503 e. The first-order valence-electron chi connectivity index (χ1n) is 10.5. The maximum Gasteiger partial charge on any atom is 0.290 e. The van der Waals surface area contributed by atoms with Crippen LogP contribution in [0.4, 0.5) is 0 Å². The van der Waals surface area contributed by atoms with Gasteiger partial charge in [-0.1, -0.05) is 80.6 Å². The summed E-state index contributed by atoms with van der Waals surface area (Å²) in [7, 11) is 1.63. The van der Waals surface area contributed by atoms with Crippen LogP contribution in [0.25, 0.3) is 5.57 Å². The van der Waals surface area contributed by atoms with E-state index in [9.17, 15) is 9.90 Å². The van der Waals surface area contributed by atoms with Crippen molar-refractivity contribution in [2.24, 2.45) is 0 Å². The lowest BCUT2D eigenvalue weighted by molar-refractivity contribution is -0.130. The highest BCUT2D eigenvalue weighted by Crippen LogP contribution is 2.44. The monoisotopic (exact) mass is 413 g/mol. The van der Waals surface area contributed by atoms with Gasteiger partial charge < -0.3 is 14.7 Å². The number of hydrogen-bond donors (Lipinski definition) is 1. The molecular formula is C27H27NO3. The van der Waals surface area contributed by atoms with Crippen LogP contribution in [-0.4, -0.2) is 23.0 Å². The molecule has 1 atom stereocenters. The zero-order valence-corrected chi connectivity index (χ0v) is 18.1. The molecule has 0 radical (unpaired) electrons. The van der Waals surface area contributed by atoms with Crippen LogP contribution in [0, 0.1) is 0 Å². The first kappa shape index (κ1) is 20.7. The van der Waals surface area contributed by atoms with Crippen molar-refractivity contribution in [2.75, 3.05) is 7.11 Å². The van der Waals surface area contributed by atoms with E-state index in [0.717, 1.165) is 22.4 Å². The molecule has 4 heteroatoms. The Morgan fingerprint density at radius 3 is 2.32 bits per heavy atom. The van der Waals surface area contributed by atoms with Gasteiger partial charge in [-0.05, 0) is 40.3 Å². The maximum atomic E-state index is 13.2. The summed E-state index contributed by atoms with van der Waals surface area (Å²) >= 11 is 0. The largest absolute Gasteiger partial charge is 0.503 e. The molecule has 0 bridgehead atoms. The average Bonchev–Trinajstić information content (AvgIpc) is 3.04. The van der Waals surface area contributed by atoms with Crippen molar-refractivity contribution in [1.82, 2.24) is 4.90 Å². The molecule has 4 rings (SSSR count). The predicted molar refractivity (Wildman–Crippen MR) is 123 cm³/mol. The minimum atomic E-state index is -0.373. The molecule has 1 N–H and O–H groups in total. The Morgan fingerprint density at radius 2 is 1.68 bits per heavy atom. The Bertz CT molecular complexity index is 1100. The van der Waals surface area contributed by atoms with Gasteiger partial charge in [0.1, 0.15) is 5.75 Å². The topological polar surface area (TPSA) is 49.8 Å². The van der Waals surface area contributed by atoms with Gasteiger partial charge in [0.25, 0.3) is 5.91 Å². The highest BCUT2D eigenvalue weighted by Gasteiger charge is 2.41. The third-order valence-corrected chi connectivity index (χ3v) is 5.79. The summed E-state index contributed by atoms with van der Waals surface area (Å²) in [5, 5.41) is 10.9. The van der Waals surface area contributed by atoms with Crippen molar-refractivity contribution in [2.45, 2.75) is 32.4 Å². The van der Waals surface area contributed by atoms with Crippen molar-refractivity contribution in [3.8, 4) is 5.75 Å². The number of hydrogen-bond acceptors (Lipinski definition) is 3. The smallest absolute Gasteiger partial charge is 0.290 e. The Hall–Kier alpha value is -3.53. The molecule has 0 spiro atoms. The van der Waals surface area contributed by atoms with Crippen LogP contribution in [-0.2, 0) is 11.3 Å². The van der Waals surface area contributed by atoms with E-state index in [-0.39, 0.29) is 17.7 Å². The molecule has 31 heavy (non-hydrogen) atoms. The first-order valence-corrected chi connectivity index (χ1v) is 10.5. The zero-order chi connectivity index (χ0) is 22.0. The van der Waals surface area contributed by atoms with Crippen LogP contribution in [0.1, 0.15) is 48.1 Å². The molecule has 1 unspecified atom stereocenters. The van der Waals surface area contributed by atoms with E-state index in [4.69, 9.17) is 4.74 Å². The number of ether oxygens (including phenoxy) is 1. The second kappa shape index (κ2) is 8.68. The molecule has 3 aromatic carbocycles. The highest BCUT2D eigenvalue weighted by molar-refractivity contribution is 6.05. The lowest BCUT2D eigenvalue weighted by Crippen LogP contribution is -2.29. The Kier molecular flexibility index (Phi) is 5.81. The number of methoxy groups -OCH3 is 1. The molecule has 0 fully saturated rings. The van der Waals surface area contributed by atoms with Crippen LogP contribution in [0.5, 0.6) is 5.75 Å². The molecule has 0 aliphatic carbocycles. The number of carbonyl (C=O) groups excluding carboxylic acids is 1. The van der Waals surface area contributed by atoms with Gasteiger partial charge in [0.05, 0.1) is 13.2 Å². The molecule has 1 aliphatic rings. The van der Waals surface area contributed by atoms with Gasteiger partial charge in [0, 0.05) is 12.1 Å². The summed E-state index contributed by atoms with van der Waals surface area (Å²) in [5.74, 6) is 0.610. The van der Waals surface area contributed by atoms with Crippen LogP contribution in [0.2, 0.25) is 0 Å². The predicted octanol–water partition coefficient (Wildman–Crippen LogP) is 5.87. The molecule has 0 aromatic heterocycles. The molecule has 158 valence electrons. The van der Waals surface area contributed by atoms with Gasteiger partial charge in [-0.15, -0.1) is 0 Å². The summed E-state index contributed by atoms with van der Waals surface area (Å²) < 4.78 is 5.34. The molecule has 0 saturated heterocycles. The lowest BCUT2D eigenvalue weighted by atomic mass is 9.91. The number of benzene rings is 3. The standard InChI is InChI=1S/C27H27NO3/c1-18(2)20-12-14-22(15-13-20)25-24(21-9-5-4-6-10-21)26(29)27(30)28(25)17-19-8-7-11-23(16-19)31-3/h4-16,18,25,29H,17H2,1-3H3. The van der Waals surface area contributed by atoms with Gasteiger partial charge in [-0.2, -0.15) is 0 Å².